The predicted molar refractivity (Wildman–Crippen MR) is 78.3 cm³/mol. The zero-order valence-corrected chi connectivity index (χ0v) is 12.8. The molecule has 21 heavy (non-hydrogen) atoms. The average molecular weight is 310 g/mol. The second-order valence-electron chi connectivity index (χ2n) is 4.54. The molecule has 2 rings (SSSR count). The molecule has 114 valence electrons. The summed E-state index contributed by atoms with van der Waals surface area (Å²) in [6.07, 6.45) is 2.34. The molecular formula is C13H18N4O3S. The molecule has 2 heterocycles. The molecule has 0 atom stereocenters. The molecule has 0 fully saturated rings. The van der Waals surface area contributed by atoms with Crippen molar-refractivity contribution in [1.82, 2.24) is 14.9 Å². The maximum Gasteiger partial charge on any atom is 0.260 e. The normalized spacial score (nSPS) is 11.5. The van der Waals surface area contributed by atoms with Crippen molar-refractivity contribution in [1.29, 1.82) is 0 Å². The smallest absolute Gasteiger partial charge is 0.260 e. The van der Waals surface area contributed by atoms with Crippen molar-refractivity contribution < 1.29 is 12.9 Å². The van der Waals surface area contributed by atoms with Crippen LogP contribution in [0, 0.1) is 6.92 Å². The quantitative estimate of drug-likeness (QED) is 0.807. The van der Waals surface area contributed by atoms with Crippen LogP contribution in [-0.2, 0) is 16.6 Å². The van der Waals surface area contributed by atoms with Gasteiger partial charge >= 0.3 is 0 Å². The molecule has 0 saturated carbocycles. The highest BCUT2D eigenvalue weighted by Crippen LogP contribution is 2.18. The van der Waals surface area contributed by atoms with Gasteiger partial charge in [0.15, 0.2) is 5.03 Å². The number of rotatable bonds is 7. The molecule has 2 aromatic heterocycles. The lowest BCUT2D eigenvalue weighted by atomic mass is 10.4. The Labute approximate surface area is 123 Å². The van der Waals surface area contributed by atoms with Crippen LogP contribution in [0.5, 0.6) is 0 Å². The number of hydrogen-bond acceptors (Lipinski definition) is 6. The van der Waals surface area contributed by atoms with E-state index in [2.05, 4.69) is 20.2 Å². The van der Waals surface area contributed by atoms with Crippen molar-refractivity contribution >= 4 is 15.7 Å². The summed E-state index contributed by atoms with van der Waals surface area (Å²) in [4.78, 5) is 3.96. The van der Waals surface area contributed by atoms with E-state index in [-0.39, 0.29) is 11.6 Å². The van der Waals surface area contributed by atoms with Gasteiger partial charge in [-0.2, -0.15) is 0 Å². The van der Waals surface area contributed by atoms with Crippen LogP contribution in [0.4, 0.5) is 5.69 Å². The summed E-state index contributed by atoms with van der Waals surface area (Å²) in [6.45, 7) is 4.49. The van der Waals surface area contributed by atoms with Crippen molar-refractivity contribution in [2.24, 2.45) is 0 Å². The molecule has 0 bridgehead atoms. The predicted octanol–water partition coefficient (Wildman–Crippen LogP) is 1.68. The van der Waals surface area contributed by atoms with E-state index in [4.69, 9.17) is 4.52 Å². The van der Waals surface area contributed by atoms with Crippen LogP contribution in [0.25, 0.3) is 0 Å². The van der Waals surface area contributed by atoms with E-state index in [1.807, 2.05) is 6.92 Å². The SMILES string of the molecule is CCCNc1cccnc1S(=O)(=O)NCc1cc(C)on1. The number of sulfonamides is 1. The summed E-state index contributed by atoms with van der Waals surface area (Å²) in [7, 11) is -3.72. The van der Waals surface area contributed by atoms with E-state index in [9.17, 15) is 8.42 Å². The summed E-state index contributed by atoms with van der Waals surface area (Å²) >= 11 is 0. The molecule has 0 spiro atoms. The Balaban J connectivity index is 2.15. The summed E-state index contributed by atoms with van der Waals surface area (Å²) in [6, 6.07) is 5.06. The molecule has 0 aromatic carbocycles. The van der Waals surface area contributed by atoms with Crippen LogP contribution in [0.3, 0.4) is 0 Å². The molecule has 8 heteroatoms. The molecule has 2 N–H and O–H groups in total. The number of aryl methyl sites for hydroxylation is 1. The van der Waals surface area contributed by atoms with Gasteiger partial charge in [0.05, 0.1) is 17.9 Å². The van der Waals surface area contributed by atoms with Crippen molar-refractivity contribution in [3.63, 3.8) is 0 Å². The molecule has 0 aliphatic carbocycles. The molecule has 0 aliphatic rings. The van der Waals surface area contributed by atoms with Crippen molar-refractivity contribution in [2.75, 3.05) is 11.9 Å². The minimum atomic E-state index is -3.72. The van der Waals surface area contributed by atoms with Gasteiger partial charge in [0.2, 0.25) is 0 Å². The maximum absolute atomic E-state index is 12.3. The second kappa shape index (κ2) is 6.68. The van der Waals surface area contributed by atoms with Crippen molar-refractivity contribution in [3.8, 4) is 0 Å². The number of anilines is 1. The number of hydrogen-bond donors (Lipinski definition) is 2. The minimum absolute atomic E-state index is 0.0151. The highest BCUT2D eigenvalue weighted by atomic mass is 32.2. The minimum Gasteiger partial charge on any atom is -0.383 e. The van der Waals surface area contributed by atoms with Gasteiger partial charge in [0.25, 0.3) is 10.0 Å². The molecule has 0 radical (unpaired) electrons. The van der Waals surface area contributed by atoms with E-state index in [0.717, 1.165) is 6.42 Å². The van der Waals surface area contributed by atoms with E-state index < -0.39 is 10.0 Å². The molecule has 0 unspecified atom stereocenters. The summed E-state index contributed by atoms with van der Waals surface area (Å²) in [5.74, 6) is 0.632. The fourth-order valence-electron chi connectivity index (χ4n) is 1.74. The van der Waals surface area contributed by atoms with Crippen molar-refractivity contribution in [2.45, 2.75) is 31.8 Å². The Morgan fingerprint density at radius 2 is 2.19 bits per heavy atom. The Bertz CT molecular complexity index is 697. The van der Waals surface area contributed by atoms with Gasteiger partial charge in [-0.25, -0.2) is 18.1 Å². The third-order valence-corrected chi connectivity index (χ3v) is 4.07. The summed E-state index contributed by atoms with van der Waals surface area (Å²) < 4.78 is 32.0. The fraction of sp³-hybridized carbons (Fsp3) is 0.385. The first-order chi connectivity index (χ1) is 10.0. The van der Waals surface area contributed by atoms with Gasteiger partial charge in [-0.3, -0.25) is 0 Å². The van der Waals surface area contributed by atoms with E-state index in [0.29, 0.717) is 23.7 Å². The summed E-state index contributed by atoms with van der Waals surface area (Å²) in [5, 5.41) is 6.79. The van der Waals surface area contributed by atoms with E-state index in [1.54, 1.807) is 25.1 Å². The number of nitrogens with zero attached hydrogens (tertiary/aromatic N) is 2. The third kappa shape index (κ3) is 4.02. The van der Waals surface area contributed by atoms with Gasteiger partial charge < -0.3 is 9.84 Å². The Hall–Kier alpha value is -1.93. The van der Waals surface area contributed by atoms with Crippen molar-refractivity contribution in [3.05, 3.63) is 35.9 Å². The third-order valence-electron chi connectivity index (χ3n) is 2.71. The van der Waals surface area contributed by atoms with Gasteiger partial charge in [0.1, 0.15) is 5.76 Å². The zero-order chi connectivity index (χ0) is 15.3. The first-order valence-corrected chi connectivity index (χ1v) is 8.12. The lowest BCUT2D eigenvalue weighted by Gasteiger charge is -2.11. The van der Waals surface area contributed by atoms with E-state index in [1.165, 1.54) is 6.20 Å². The topological polar surface area (TPSA) is 97.1 Å². The zero-order valence-electron chi connectivity index (χ0n) is 12.0. The van der Waals surface area contributed by atoms with Gasteiger partial charge in [0, 0.05) is 18.8 Å². The first-order valence-electron chi connectivity index (χ1n) is 6.63. The second-order valence-corrected chi connectivity index (χ2v) is 6.22. The standard InChI is InChI=1S/C13H18N4O3S/c1-3-6-14-12-5-4-7-15-13(12)21(18,19)16-9-11-8-10(2)20-17-11/h4-5,7-8,14,16H,3,6,9H2,1-2H3. The molecule has 0 saturated heterocycles. The lowest BCUT2D eigenvalue weighted by molar-refractivity contribution is 0.390. The van der Waals surface area contributed by atoms with Crippen LogP contribution in [0.2, 0.25) is 0 Å². The Morgan fingerprint density at radius 1 is 1.38 bits per heavy atom. The number of pyridine rings is 1. The maximum atomic E-state index is 12.3. The largest absolute Gasteiger partial charge is 0.383 e. The Kier molecular flexibility index (Phi) is 4.92. The van der Waals surface area contributed by atoms with Crippen LogP contribution < -0.4 is 10.0 Å². The molecular weight excluding hydrogens is 292 g/mol. The number of aromatic nitrogens is 2. The average Bonchev–Trinajstić information content (AvgIpc) is 2.89. The van der Waals surface area contributed by atoms with Crippen LogP contribution >= 0.6 is 0 Å². The van der Waals surface area contributed by atoms with Crippen LogP contribution in [-0.4, -0.2) is 25.1 Å². The first kappa shape index (κ1) is 15.5. The monoisotopic (exact) mass is 310 g/mol. The number of nitrogens with one attached hydrogen (secondary N) is 2. The molecule has 0 aliphatic heterocycles. The fourth-order valence-corrected chi connectivity index (χ4v) is 2.84. The van der Waals surface area contributed by atoms with E-state index >= 15 is 0 Å². The molecule has 0 amide bonds. The van der Waals surface area contributed by atoms with Crippen LogP contribution in [0.15, 0.2) is 33.9 Å². The van der Waals surface area contributed by atoms with Gasteiger partial charge in [-0.1, -0.05) is 12.1 Å². The molecule has 7 nitrogen and oxygen atoms in total. The lowest BCUT2D eigenvalue weighted by Crippen LogP contribution is -2.25. The summed E-state index contributed by atoms with van der Waals surface area (Å²) in [5.41, 5.74) is 1.01. The van der Waals surface area contributed by atoms with Gasteiger partial charge in [-0.05, 0) is 25.5 Å². The van der Waals surface area contributed by atoms with Crippen LogP contribution in [0.1, 0.15) is 24.8 Å². The highest BCUT2D eigenvalue weighted by Gasteiger charge is 2.20. The Morgan fingerprint density at radius 3 is 2.86 bits per heavy atom. The van der Waals surface area contributed by atoms with Gasteiger partial charge in [-0.15, -0.1) is 0 Å². The molecule has 2 aromatic rings. The highest BCUT2D eigenvalue weighted by molar-refractivity contribution is 7.89.